The molecule has 1 heterocycles. The molecule has 0 fully saturated rings. The Labute approximate surface area is 59.2 Å². The average molecular weight is 136 g/mol. The minimum atomic E-state index is 0.403. The van der Waals surface area contributed by atoms with E-state index in [0.717, 1.165) is 5.56 Å². The van der Waals surface area contributed by atoms with Crippen LogP contribution in [-0.2, 0) is 6.42 Å². The van der Waals surface area contributed by atoms with Gasteiger partial charge in [-0.3, -0.25) is 4.79 Å². The molecule has 0 aliphatic heterocycles. The van der Waals surface area contributed by atoms with E-state index < -0.39 is 0 Å². The summed E-state index contributed by atoms with van der Waals surface area (Å²) in [5, 5.41) is 0. The van der Waals surface area contributed by atoms with Crippen LogP contribution in [-0.4, -0.2) is 6.29 Å². The number of aldehydes is 1. The van der Waals surface area contributed by atoms with Gasteiger partial charge in [-0.05, 0) is 12.5 Å². The van der Waals surface area contributed by atoms with E-state index in [-0.39, 0.29) is 0 Å². The van der Waals surface area contributed by atoms with E-state index in [4.69, 9.17) is 4.42 Å². The second kappa shape index (κ2) is 3.01. The molecule has 0 aromatic carbocycles. The highest BCUT2D eigenvalue weighted by atomic mass is 16.3. The lowest BCUT2D eigenvalue weighted by atomic mass is 10.2. The van der Waals surface area contributed by atoms with Crippen LogP contribution in [0.1, 0.15) is 16.1 Å². The van der Waals surface area contributed by atoms with Crippen LogP contribution in [0.4, 0.5) is 0 Å². The van der Waals surface area contributed by atoms with Crippen molar-refractivity contribution in [2.45, 2.75) is 6.42 Å². The first-order valence-corrected chi connectivity index (χ1v) is 3.01. The maximum Gasteiger partial charge on any atom is 0.185 e. The molecule has 0 amide bonds. The Bertz CT molecular complexity index is 235. The summed E-state index contributed by atoms with van der Waals surface area (Å²) < 4.78 is 4.85. The van der Waals surface area contributed by atoms with Gasteiger partial charge >= 0.3 is 0 Å². The highest BCUT2D eigenvalue weighted by molar-refractivity contribution is 5.72. The number of hydrogen-bond acceptors (Lipinski definition) is 2. The van der Waals surface area contributed by atoms with Crippen molar-refractivity contribution in [3.05, 3.63) is 36.3 Å². The van der Waals surface area contributed by atoms with Crippen LogP contribution in [0.2, 0.25) is 0 Å². The Morgan fingerprint density at radius 3 is 3.10 bits per heavy atom. The van der Waals surface area contributed by atoms with Gasteiger partial charge in [0, 0.05) is 5.56 Å². The smallest absolute Gasteiger partial charge is 0.185 e. The van der Waals surface area contributed by atoms with Crippen LogP contribution in [0, 0.1) is 0 Å². The Kier molecular flexibility index (Phi) is 2.05. The van der Waals surface area contributed by atoms with Crippen molar-refractivity contribution in [1.29, 1.82) is 0 Å². The summed E-state index contributed by atoms with van der Waals surface area (Å²) in [4.78, 5) is 10.2. The molecular formula is C8H8O2. The molecule has 1 aromatic heterocycles. The Morgan fingerprint density at radius 2 is 2.50 bits per heavy atom. The van der Waals surface area contributed by atoms with Crippen molar-refractivity contribution in [2.75, 3.05) is 0 Å². The normalized spacial score (nSPS) is 9.20. The second-order valence-corrected chi connectivity index (χ2v) is 1.92. The van der Waals surface area contributed by atoms with E-state index >= 15 is 0 Å². The first-order chi connectivity index (χ1) is 4.88. The van der Waals surface area contributed by atoms with Crippen LogP contribution in [0.15, 0.2) is 29.4 Å². The van der Waals surface area contributed by atoms with Crippen molar-refractivity contribution in [3.63, 3.8) is 0 Å². The molecule has 0 spiro atoms. The quantitative estimate of drug-likeness (QED) is 0.468. The van der Waals surface area contributed by atoms with Crippen molar-refractivity contribution < 1.29 is 9.21 Å². The molecule has 0 aliphatic rings. The summed E-state index contributed by atoms with van der Waals surface area (Å²) in [5.74, 6) is 0.403. The molecule has 0 bridgehead atoms. The summed E-state index contributed by atoms with van der Waals surface area (Å²) in [7, 11) is 0. The molecule has 0 unspecified atom stereocenters. The van der Waals surface area contributed by atoms with Gasteiger partial charge in [0.05, 0.1) is 6.26 Å². The summed E-state index contributed by atoms with van der Waals surface area (Å²) >= 11 is 0. The zero-order valence-electron chi connectivity index (χ0n) is 5.54. The SMILES string of the molecule is C=CCc1ccoc1C=O. The monoisotopic (exact) mass is 136 g/mol. The predicted molar refractivity (Wildman–Crippen MR) is 38.0 cm³/mol. The topological polar surface area (TPSA) is 30.2 Å². The predicted octanol–water partition coefficient (Wildman–Crippen LogP) is 1.82. The molecule has 10 heavy (non-hydrogen) atoms. The van der Waals surface area contributed by atoms with Crippen molar-refractivity contribution >= 4 is 6.29 Å². The summed E-state index contributed by atoms with van der Waals surface area (Å²) in [6.45, 7) is 3.55. The third kappa shape index (κ3) is 1.16. The third-order valence-electron chi connectivity index (χ3n) is 1.25. The molecule has 0 atom stereocenters. The van der Waals surface area contributed by atoms with Gasteiger partial charge in [-0.1, -0.05) is 6.08 Å². The fourth-order valence-corrected chi connectivity index (χ4v) is 0.775. The number of hydrogen-bond donors (Lipinski definition) is 0. The molecular weight excluding hydrogens is 128 g/mol. The van der Waals surface area contributed by atoms with E-state index in [0.29, 0.717) is 18.5 Å². The van der Waals surface area contributed by atoms with Crippen LogP contribution >= 0.6 is 0 Å². The van der Waals surface area contributed by atoms with E-state index in [2.05, 4.69) is 6.58 Å². The fraction of sp³-hybridized carbons (Fsp3) is 0.125. The lowest BCUT2D eigenvalue weighted by Crippen LogP contribution is -1.82. The minimum Gasteiger partial charge on any atom is -0.461 e. The van der Waals surface area contributed by atoms with Gasteiger partial charge in [0.15, 0.2) is 12.0 Å². The van der Waals surface area contributed by atoms with Gasteiger partial charge in [0.1, 0.15) is 0 Å². The number of allylic oxidation sites excluding steroid dienone is 1. The molecule has 0 radical (unpaired) electrons. The van der Waals surface area contributed by atoms with Gasteiger partial charge in [-0.15, -0.1) is 6.58 Å². The van der Waals surface area contributed by atoms with Gasteiger partial charge in [-0.25, -0.2) is 0 Å². The molecule has 0 aliphatic carbocycles. The number of furan rings is 1. The molecule has 1 rings (SSSR count). The van der Waals surface area contributed by atoms with E-state index in [9.17, 15) is 4.79 Å². The third-order valence-corrected chi connectivity index (χ3v) is 1.25. The fourth-order valence-electron chi connectivity index (χ4n) is 0.775. The van der Waals surface area contributed by atoms with Gasteiger partial charge < -0.3 is 4.42 Å². The van der Waals surface area contributed by atoms with Crippen LogP contribution < -0.4 is 0 Å². The van der Waals surface area contributed by atoms with E-state index in [1.165, 1.54) is 6.26 Å². The minimum absolute atomic E-state index is 0.403. The van der Waals surface area contributed by atoms with Crippen molar-refractivity contribution in [2.24, 2.45) is 0 Å². The Hall–Kier alpha value is -1.31. The maximum absolute atomic E-state index is 10.2. The molecule has 0 N–H and O–H groups in total. The lowest BCUT2D eigenvalue weighted by molar-refractivity contribution is 0.109. The molecule has 2 heteroatoms. The Balaban J connectivity index is 2.89. The number of carbonyl (C=O) groups is 1. The summed E-state index contributed by atoms with van der Waals surface area (Å²) in [6.07, 6.45) is 4.63. The zero-order chi connectivity index (χ0) is 7.40. The Morgan fingerprint density at radius 1 is 1.70 bits per heavy atom. The first kappa shape index (κ1) is 6.81. The summed E-state index contributed by atoms with van der Waals surface area (Å²) in [5.41, 5.74) is 0.894. The second-order valence-electron chi connectivity index (χ2n) is 1.92. The maximum atomic E-state index is 10.2. The first-order valence-electron chi connectivity index (χ1n) is 3.01. The lowest BCUT2D eigenvalue weighted by Gasteiger charge is -1.87. The zero-order valence-corrected chi connectivity index (χ0v) is 5.54. The largest absolute Gasteiger partial charge is 0.461 e. The van der Waals surface area contributed by atoms with Gasteiger partial charge in [-0.2, -0.15) is 0 Å². The standard InChI is InChI=1S/C8H8O2/c1-2-3-7-4-5-10-8(7)6-9/h2,4-6H,1,3H2. The highest BCUT2D eigenvalue weighted by Gasteiger charge is 2.00. The molecule has 52 valence electrons. The summed E-state index contributed by atoms with van der Waals surface area (Å²) in [6, 6.07) is 1.77. The van der Waals surface area contributed by atoms with Gasteiger partial charge in [0.2, 0.25) is 0 Å². The molecule has 0 saturated heterocycles. The van der Waals surface area contributed by atoms with E-state index in [1.807, 2.05) is 0 Å². The van der Waals surface area contributed by atoms with Crippen LogP contribution in [0.3, 0.4) is 0 Å². The molecule has 1 aromatic rings. The number of carbonyl (C=O) groups excluding carboxylic acids is 1. The van der Waals surface area contributed by atoms with Crippen molar-refractivity contribution in [1.82, 2.24) is 0 Å². The number of rotatable bonds is 3. The van der Waals surface area contributed by atoms with Crippen molar-refractivity contribution in [3.8, 4) is 0 Å². The van der Waals surface area contributed by atoms with Crippen LogP contribution in [0.25, 0.3) is 0 Å². The van der Waals surface area contributed by atoms with E-state index in [1.54, 1.807) is 12.1 Å². The van der Waals surface area contributed by atoms with Gasteiger partial charge in [0.25, 0.3) is 0 Å². The van der Waals surface area contributed by atoms with Crippen LogP contribution in [0.5, 0.6) is 0 Å². The average Bonchev–Trinajstić information content (AvgIpc) is 2.36. The molecule has 0 saturated carbocycles. The highest BCUT2D eigenvalue weighted by Crippen LogP contribution is 2.08. The molecule has 2 nitrogen and oxygen atoms in total.